The van der Waals surface area contributed by atoms with Crippen LogP contribution in [-0.2, 0) is 6.54 Å². The van der Waals surface area contributed by atoms with Crippen molar-refractivity contribution in [1.82, 2.24) is 4.57 Å². The van der Waals surface area contributed by atoms with Crippen LogP contribution in [0, 0.1) is 0 Å². The van der Waals surface area contributed by atoms with Crippen LogP contribution in [0.1, 0.15) is 15.9 Å². The Balaban J connectivity index is 1.87. The van der Waals surface area contributed by atoms with Gasteiger partial charge in [-0.15, -0.1) is 0 Å². The van der Waals surface area contributed by atoms with Gasteiger partial charge < -0.3 is 9.88 Å². The second-order valence-corrected chi connectivity index (χ2v) is 6.84. The molecule has 0 radical (unpaired) electrons. The van der Waals surface area contributed by atoms with Gasteiger partial charge in [0.15, 0.2) is 0 Å². The predicted octanol–water partition coefficient (Wildman–Crippen LogP) is 5.11. The molecule has 0 aliphatic carbocycles. The number of nitrogens with zero attached hydrogens (tertiary/aromatic N) is 1. The number of benzene rings is 2. The summed E-state index contributed by atoms with van der Waals surface area (Å²) in [4.78, 5) is 25.1. The number of hydrogen-bond acceptors (Lipinski definition) is 2. The lowest BCUT2D eigenvalue weighted by Gasteiger charge is -2.10. The minimum absolute atomic E-state index is 0.0255. The van der Waals surface area contributed by atoms with Gasteiger partial charge in [-0.2, -0.15) is 0 Å². The van der Waals surface area contributed by atoms with Gasteiger partial charge in [0.25, 0.3) is 11.5 Å². The van der Waals surface area contributed by atoms with Gasteiger partial charge in [-0.1, -0.05) is 46.9 Å². The summed E-state index contributed by atoms with van der Waals surface area (Å²) in [6, 6.07) is 14.9. The van der Waals surface area contributed by atoms with Crippen LogP contribution in [0.2, 0.25) is 15.1 Å². The van der Waals surface area contributed by atoms with Gasteiger partial charge >= 0.3 is 0 Å². The summed E-state index contributed by atoms with van der Waals surface area (Å²) in [5.74, 6) is -0.506. The van der Waals surface area contributed by atoms with E-state index in [2.05, 4.69) is 5.32 Å². The van der Waals surface area contributed by atoms with E-state index in [1.54, 1.807) is 54.7 Å². The molecule has 1 heterocycles. The summed E-state index contributed by atoms with van der Waals surface area (Å²) < 4.78 is 1.42. The van der Waals surface area contributed by atoms with Gasteiger partial charge in [-0.05, 0) is 48.0 Å². The van der Waals surface area contributed by atoms with Crippen molar-refractivity contribution in [2.75, 3.05) is 5.32 Å². The first-order valence-corrected chi connectivity index (χ1v) is 8.78. The van der Waals surface area contributed by atoms with Crippen molar-refractivity contribution in [2.45, 2.75) is 6.54 Å². The Morgan fingerprint density at radius 3 is 2.46 bits per heavy atom. The van der Waals surface area contributed by atoms with E-state index >= 15 is 0 Å². The molecule has 132 valence electrons. The van der Waals surface area contributed by atoms with Crippen LogP contribution in [0.4, 0.5) is 5.69 Å². The molecule has 0 fully saturated rings. The molecule has 1 amide bonds. The molecule has 0 aliphatic rings. The van der Waals surface area contributed by atoms with E-state index in [4.69, 9.17) is 34.8 Å². The second-order valence-electron chi connectivity index (χ2n) is 5.56. The first kappa shape index (κ1) is 18.5. The van der Waals surface area contributed by atoms with E-state index in [1.807, 2.05) is 0 Å². The number of nitrogens with one attached hydrogen (secondary N) is 1. The molecule has 3 rings (SSSR count). The van der Waals surface area contributed by atoms with Crippen LogP contribution in [0.15, 0.2) is 65.6 Å². The van der Waals surface area contributed by atoms with Crippen molar-refractivity contribution in [2.24, 2.45) is 0 Å². The Bertz CT molecular complexity index is 1030. The molecule has 2 aromatic carbocycles. The van der Waals surface area contributed by atoms with Crippen LogP contribution >= 0.6 is 34.8 Å². The summed E-state index contributed by atoms with van der Waals surface area (Å²) in [5, 5.41) is 4.13. The number of pyridine rings is 1. The molecule has 26 heavy (non-hydrogen) atoms. The van der Waals surface area contributed by atoms with Crippen LogP contribution in [0.3, 0.4) is 0 Å². The molecule has 7 heteroatoms. The van der Waals surface area contributed by atoms with E-state index in [9.17, 15) is 9.59 Å². The fraction of sp³-hybridized carbons (Fsp3) is 0.0526. The third-order valence-corrected chi connectivity index (χ3v) is 4.53. The standard InChI is InChI=1S/C19H13Cl3N2O2/c20-13-3-1-4-15(9-13)23-18(25)16-5-2-8-24(19(16)26)11-12-6-7-14(21)10-17(12)22/h1-10H,11H2,(H,23,25). The largest absolute Gasteiger partial charge is 0.322 e. The third-order valence-electron chi connectivity index (χ3n) is 3.70. The molecule has 0 saturated carbocycles. The maximum atomic E-state index is 12.7. The van der Waals surface area contributed by atoms with E-state index in [1.165, 1.54) is 10.6 Å². The summed E-state index contributed by atoms with van der Waals surface area (Å²) in [6.07, 6.45) is 1.60. The van der Waals surface area contributed by atoms with E-state index in [-0.39, 0.29) is 12.1 Å². The second kappa shape index (κ2) is 7.96. The van der Waals surface area contributed by atoms with Crippen LogP contribution in [0.5, 0.6) is 0 Å². The molecule has 4 nitrogen and oxygen atoms in total. The Hall–Kier alpha value is -2.27. The minimum atomic E-state index is -0.506. The number of aromatic nitrogens is 1. The number of carbonyl (C=O) groups is 1. The Morgan fingerprint density at radius 2 is 1.73 bits per heavy atom. The van der Waals surface area contributed by atoms with Crippen molar-refractivity contribution in [1.29, 1.82) is 0 Å². The lowest BCUT2D eigenvalue weighted by molar-refractivity contribution is 0.102. The molecule has 1 aromatic heterocycles. The third kappa shape index (κ3) is 4.28. The number of carbonyl (C=O) groups excluding carboxylic acids is 1. The van der Waals surface area contributed by atoms with Gasteiger partial charge in [0.05, 0.1) is 6.54 Å². The fourth-order valence-corrected chi connectivity index (χ4v) is 3.09. The van der Waals surface area contributed by atoms with Gasteiger partial charge in [0.2, 0.25) is 0 Å². The molecular weight excluding hydrogens is 395 g/mol. The van der Waals surface area contributed by atoms with Gasteiger partial charge in [0.1, 0.15) is 5.56 Å². The smallest absolute Gasteiger partial charge is 0.263 e. The number of halogens is 3. The number of amides is 1. The van der Waals surface area contributed by atoms with Gasteiger partial charge in [-0.3, -0.25) is 9.59 Å². The normalized spacial score (nSPS) is 10.6. The Morgan fingerprint density at radius 1 is 0.962 bits per heavy atom. The average molecular weight is 408 g/mol. The quantitative estimate of drug-likeness (QED) is 0.653. The molecule has 0 atom stereocenters. The van der Waals surface area contributed by atoms with Crippen LogP contribution < -0.4 is 10.9 Å². The van der Waals surface area contributed by atoms with E-state index < -0.39 is 11.5 Å². The van der Waals surface area contributed by atoms with Crippen molar-refractivity contribution in [3.05, 3.63) is 97.3 Å². The van der Waals surface area contributed by atoms with E-state index in [0.717, 1.165) is 5.56 Å². The van der Waals surface area contributed by atoms with Crippen molar-refractivity contribution in [3.63, 3.8) is 0 Å². The molecule has 0 saturated heterocycles. The highest BCUT2D eigenvalue weighted by atomic mass is 35.5. The molecule has 1 N–H and O–H groups in total. The van der Waals surface area contributed by atoms with E-state index in [0.29, 0.717) is 20.8 Å². The van der Waals surface area contributed by atoms with Crippen molar-refractivity contribution < 1.29 is 4.79 Å². The zero-order valence-corrected chi connectivity index (χ0v) is 15.6. The highest BCUT2D eigenvalue weighted by Crippen LogP contribution is 2.21. The Kier molecular flexibility index (Phi) is 5.67. The molecule has 0 spiro atoms. The SMILES string of the molecule is O=C(Nc1cccc(Cl)c1)c1cccn(Cc2ccc(Cl)cc2Cl)c1=O. The first-order chi connectivity index (χ1) is 12.4. The molecule has 3 aromatic rings. The lowest BCUT2D eigenvalue weighted by Crippen LogP contribution is -2.29. The summed E-state index contributed by atoms with van der Waals surface area (Å²) in [6.45, 7) is 0.229. The maximum Gasteiger partial charge on any atom is 0.263 e. The Labute approximate surface area is 164 Å². The fourth-order valence-electron chi connectivity index (χ4n) is 2.43. The minimum Gasteiger partial charge on any atom is -0.322 e. The molecule has 0 bridgehead atoms. The average Bonchev–Trinajstić information content (AvgIpc) is 2.59. The van der Waals surface area contributed by atoms with Crippen LogP contribution in [0.25, 0.3) is 0 Å². The zero-order chi connectivity index (χ0) is 18.7. The number of anilines is 1. The summed E-state index contributed by atoms with van der Waals surface area (Å²) in [5.41, 5.74) is 0.847. The maximum absolute atomic E-state index is 12.7. The molecular formula is C19H13Cl3N2O2. The zero-order valence-electron chi connectivity index (χ0n) is 13.4. The van der Waals surface area contributed by atoms with Crippen molar-refractivity contribution in [3.8, 4) is 0 Å². The predicted molar refractivity (Wildman–Crippen MR) is 106 cm³/mol. The van der Waals surface area contributed by atoms with Gasteiger partial charge in [0, 0.05) is 27.0 Å². The van der Waals surface area contributed by atoms with Gasteiger partial charge in [-0.25, -0.2) is 0 Å². The summed E-state index contributed by atoms with van der Waals surface area (Å²) in [7, 11) is 0. The summed E-state index contributed by atoms with van der Waals surface area (Å²) >= 11 is 18.0. The number of hydrogen-bond donors (Lipinski definition) is 1. The molecule has 0 unspecified atom stereocenters. The van der Waals surface area contributed by atoms with Crippen molar-refractivity contribution >= 4 is 46.4 Å². The highest BCUT2D eigenvalue weighted by molar-refractivity contribution is 6.35. The first-order valence-electron chi connectivity index (χ1n) is 7.64. The number of rotatable bonds is 4. The topological polar surface area (TPSA) is 51.1 Å². The monoisotopic (exact) mass is 406 g/mol. The highest BCUT2D eigenvalue weighted by Gasteiger charge is 2.13. The molecule has 0 aliphatic heterocycles. The van der Waals surface area contributed by atoms with Crippen LogP contribution in [-0.4, -0.2) is 10.5 Å². The lowest BCUT2D eigenvalue weighted by atomic mass is 10.2.